The maximum absolute atomic E-state index is 5.90. The van der Waals surface area contributed by atoms with Crippen LogP contribution >= 0.6 is 0 Å². The van der Waals surface area contributed by atoms with Gasteiger partial charge in [-0.05, 0) is 31.4 Å². The van der Waals surface area contributed by atoms with Gasteiger partial charge in [-0.15, -0.1) is 0 Å². The van der Waals surface area contributed by atoms with Crippen LogP contribution in [-0.2, 0) is 9.47 Å². The Labute approximate surface area is 143 Å². The number of anilines is 1. The van der Waals surface area contributed by atoms with Gasteiger partial charge in [0.1, 0.15) is 0 Å². The Balaban J connectivity index is 1.71. The van der Waals surface area contributed by atoms with Gasteiger partial charge in [0.2, 0.25) is 0 Å². The van der Waals surface area contributed by atoms with Gasteiger partial charge in [-0.1, -0.05) is 0 Å². The third-order valence-electron chi connectivity index (χ3n) is 3.76. The Bertz CT molecular complexity index is 531. The minimum absolute atomic E-state index is 0.324. The lowest BCUT2D eigenvalue weighted by Crippen LogP contribution is -2.24. The van der Waals surface area contributed by atoms with Crippen molar-refractivity contribution >= 4 is 11.6 Å². The first-order chi connectivity index (χ1) is 11.7. The fourth-order valence-electron chi connectivity index (χ4n) is 2.46. The zero-order valence-corrected chi connectivity index (χ0v) is 14.4. The molecule has 0 bridgehead atoms. The molecule has 0 atom stereocenters. The summed E-state index contributed by atoms with van der Waals surface area (Å²) < 4.78 is 21.6. The van der Waals surface area contributed by atoms with E-state index in [1.165, 1.54) is 0 Å². The summed E-state index contributed by atoms with van der Waals surface area (Å²) in [7, 11) is 3.20. The van der Waals surface area contributed by atoms with Crippen LogP contribution in [-0.4, -0.2) is 52.6 Å². The summed E-state index contributed by atoms with van der Waals surface area (Å²) >= 11 is 0. The second-order valence-corrected chi connectivity index (χ2v) is 5.50. The molecule has 2 rings (SSSR count). The first-order valence-electron chi connectivity index (χ1n) is 8.21. The lowest BCUT2D eigenvalue weighted by atomic mass is 10.1. The molecule has 7 heteroatoms. The molecular weight excluding hydrogens is 310 g/mol. The molecule has 0 amide bonds. The van der Waals surface area contributed by atoms with Crippen LogP contribution in [0.2, 0.25) is 0 Å². The molecule has 0 spiro atoms. The SMILES string of the molecule is COc1ccc(NC(N)=NCCCOC2CCOCC2)cc1OC. The predicted molar refractivity (Wildman–Crippen MR) is 94.1 cm³/mol. The molecule has 0 aromatic heterocycles. The number of nitrogens with zero attached hydrogens (tertiary/aromatic N) is 1. The largest absolute Gasteiger partial charge is 0.493 e. The van der Waals surface area contributed by atoms with Crippen LogP contribution in [0.1, 0.15) is 19.3 Å². The molecule has 24 heavy (non-hydrogen) atoms. The van der Waals surface area contributed by atoms with E-state index >= 15 is 0 Å². The highest BCUT2D eigenvalue weighted by atomic mass is 16.5. The van der Waals surface area contributed by atoms with Crippen LogP contribution in [0.4, 0.5) is 5.69 Å². The lowest BCUT2D eigenvalue weighted by molar-refractivity contribution is -0.0318. The van der Waals surface area contributed by atoms with Crippen LogP contribution in [0, 0.1) is 0 Å². The van der Waals surface area contributed by atoms with E-state index in [0.29, 0.717) is 36.7 Å². The highest BCUT2D eigenvalue weighted by molar-refractivity contribution is 5.92. The van der Waals surface area contributed by atoms with E-state index in [0.717, 1.165) is 38.2 Å². The maximum atomic E-state index is 5.90. The van der Waals surface area contributed by atoms with E-state index in [4.69, 9.17) is 24.7 Å². The highest BCUT2D eigenvalue weighted by Gasteiger charge is 2.13. The Morgan fingerprint density at radius 2 is 2.00 bits per heavy atom. The zero-order chi connectivity index (χ0) is 17.2. The normalized spacial score (nSPS) is 16.0. The molecule has 1 aromatic carbocycles. The van der Waals surface area contributed by atoms with Crippen molar-refractivity contribution in [3.05, 3.63) is 18.2 Å². The van der Waals surface area contributed by atoms with E-state index in [1.807, 2.05) is 18.2 Å². The number of nitrogens with two attached hydrogens (primary N) is 1. The first kappa shape index (κ1) is 18.4. The van der Waals surface area contributed by atoms with Crippen molar-refractivity contribution in [2.45, 2.75) is 25.4 Å². The van der Waals surface area contributed by atoms with Gasteiger partial charge in [0.05, 0.1) is 20.3 Å². The van der Waals surface area contributed by atoms with Crippen LogP contribution in [0.3, 0.4) is 0 Å². The summed E-state index contributed by atoms with van der Waals surface area (Å²) in [5.74, 6) is 1.68. The van der Waals surface area contributed by atoms with E-state index < -0.39 is 0 Å². The number of hydrogen-bond acceptors (Lipinski definition) is 5. The van der Waals surface area contributed by atoms with Crippen molar-refractivity contribution in [1.29, 1.82) is 0 Å². The molecule has 7 nitrogen and oxygen atoms in total. The molecule has 134 valence electrons. The Morgan fingerprint density at radius 3 is 2.71 bits per heavy atom. The summed E-state index contributed by atoms with van der Waals surface area (Å²) in [6.45, 7) is 2.91. The van der Waals surface area contributed by atoms with E-state index in [-0.39, 0.29) is 0 Å². The van der Waals surface area contributed by atoms with Crippen LogP contribution < -0.4 is 20.5 Å². The van der Waals surface area contributed by atoms with Gasteiger partial charge in [-0.2, -0.15) is 0 Å². The fourth-order valence-corrected chi connectivity index (χ4v) is 2.46. The van der Waals surface area contributed by atoms with Gasteiger partial charge in [-0.25, -0.2) is 0 Å². The quantitative estimate of drug-likeness (QED) is 0.429. The number of ether oxygens (including phenoxy) is 4. The van der Waals surface area contributed by atoms with E-state index in [1.54, 1.807) is 14.2 Å². The summed E-state index contributed by atoms with van der Waals surface area (Å²) in [5, 5.41) is 3.04. The lowest BCUT2D eigenvalue weighted by Gasteiger charge is -2.22. The number of rotatable bonds is 8. The Morgan fingerprint density at radius 1 is 1.25 bits per heavy atom. The van der Waals surface area contributed by atoms with Gasteiger partial charge in [0, 0.05) is 38.1 Å². The third-order valence-corrected chi connectivity index (χ3v) is 3.76. The molecule has 0 saturated carbocycles. The van der Waals surface area contributed by atoms with Crippen molar-refractivity contribution in [2.75, 3.05) is 45.9 Å². The fraction of sp³-hybridized carbons (Fsp3) is 0.588. The maximum Gasteiger partial charge on any atom is 0.193 e. The molecule has 0 radical (unpaired) electrons. The molecule has 1 saturated heterocycles. The average Bonchev–Trinajstić information content (AvgIpc) is 2.62. The van der Waals surface area contributed by atoms with Gasteiger partial charge in [0.15, 0.2) is 17.5 Å². The van der Waals surface area contributed by atoms with Crippen molar-refractivity contribution in [1.82, 2.24) is 0 Å². The highest BCUT2D eigenvalue weighted by Crippen LogP contribution is 2.29. The van der Waals surface area contributed by atoms with E-state index in [2.05, 4.69) is 10.3 Å². The molecule has 1 aliphatic rings. The van der Waals surface area contributed by atoms with Crippen LogP contribution in [0.25, 0.3) is 0 Å². The molecule has 1 heterocycles. The van der Waals surface area contributed by atoms with Crippen molar-refractivity contribution in [2.24, 2.45) is 10.7 Å². The summed E-state index contributed by atoms with van der Waals surface area (Å²) in [4.78, 5) is 4.31. The monoisotopic (exact) mass is 337 g/mol. The number of hydrogen-bond donors (Lipinski definition) is 2. The average molecular weight is 337 g/mol. The van der Waals surface area contributed by atoms with Crippen molar-refractivity contribution in [3.63, 3.8) is 0 Å². The second-order valence-electron chi connectivity index (χ2n) is 5.50. The molecule has 1 aromatic rings. The second kappa shape index (κ2) is 10.00. The Hall–Kier alpha value is -1.99. The smallest absolute Gasteiger partial charge is 0.193 e. The molecule has 1 aliphatic heterocycles. The van der Waals surface area contributed by atoms with E-state index in [9.17, 15) is 0 Å². The minimum atomic E-state index is 0.324. The molecule has 1 fully saturated rings. The zero-order valence-electron chi connectivity index (χ0n) is 14.4. The molecular formula is C17H27N3O4. The standard InChI is InChI=1S/C17H27N3O4/c1-21-15-5-4-13(12-16(15)22-2)20-17(18)19-8-3-9-24-14-6-10-23-11-7-14/h4-5,12,14H,3,6-11H2,1-2H3,(H3,18,19,20). The number of guanidine groups is 1. The number of benzene rings is 1. The third kappa shape index (κ3) is 5.90. The minimum Gasteiger partial charge on any atom is -0.493 e. The first-order valence-corrected chi connectivity index (χ1v) is 8.21. The number of methoxy groups -OCH3 is 2. The molecule has 0 aliphatic carbocycles. The number of nitrogens with one attached hydrogen (secondary N) is 1. The summed E-state index contributed by atoms with van der Waals surface area (Å²) in [6.07, 6.45) is 3.12. The van der Waals surface area contributed by atoms with Crippen molar-refractivity contribution < 1.29 is 18.9 Å². The van der Waals surface area contributed by atoms with Gasteiger partial charge < -0.3 is 30.0 Å². The van der Waals surface area contributed by atoms with Crippen molar-refractivity contribution in [3.8, 4) is 11.5 Å². The number of aliphatic imine (C=N–C) groups is 1. The van der Waals surface area contributed by atoms with Gasteiger partial charge in [-0.3, -0.25) is 4.99 Å². The molecule has 3 N–H and O–H groups in total. The van der Waals surface area contributed by atoms with Gasteiger partial charge in [0.25, 0.3) is 0 Å². The van der Waals surface area contributed by atoms with Crippen LogP contribution in [0.15, 0.2) is 23.2 Å². The topological polar surface area (TPSA) is 87.3 Å². The predicted octanol–water partition coefficient (Wildman–Crippen LogP) is 2.02. The van der Waals surface area contributed by atoms with Crippen LogP contribution in [0.5, 0.6) is 11.5 Å². The van der Waals surface area contributed by atoms with Gasteiger partial charge >= 0.3 is 0 Å². The molecule has 0 unspecified atom stereocenters. The Kier molecular flexibility index (Phi) is 7.64. The summed E-state index contributed by atoms with van der Waals surface area (Å²) in [6, 6.07) is 5.49. The summed E-state index contributed by atoms with van der Waals surface area (Å²) in [5.41, 5.74) is 6.70.